The minimum absolute atomic E-state index is 0.0141. The van der Waals surface area contributed by atoms with Crippen molar-refractivity contribution in [1.29, 1.82) is 0 Å². The number of esters is 1. The van der Waals surface area contributed by atoms with Gasteiger partial charge in [0.1, 0.15) is 24.4 Å². The minimum Gasteiger partial charge on any atom is -0.458 e. The largest absolute Gasteiger partial charge is 0.458 e. The molecule has 6 N–H and O–H groups in total. The number of carbonyl (C=O) groups is 6. The van der Waals surface area contributed by atoms with Crippen LogP contribution in [-0.2, 0) is 58.6 Å². The summed E-state index contributed by atoms with van der Waals surface area (Å²) in [4.78, 5) is 93.4. The zero-order chi connectivity index (χ0) is 43.0. The van der Waals surface area contributed by atoms with E-state index in [9.17, 15) is 38.7 Å². The minimum atomic E-state index is -1.93. The Bertz CT molecular complexity index is 2190. The van der Waals surface area contributed by atoms with Gasteiger partial charge >= 0.3 is 12.1 Å². The van der Waals surface area contributed by atoms with Gasteiger partial charge in [0, 0.05) is 61.7 Å². The number of hydrogen-bond acceptors (Lipinski definition) is 12. The Balaban J connectivity index is 1.09. The number of aromatic nitrogens is 2. The summed E-state index contributed by atoms with van der Waals surface area (Å²) in [5, 5.41) is 25.0. The van der Waals surface area contributed by atoms with E-state index in [4.69, 9.17) is 19.2 Å². The number of nitrogens with zero attached hydrogens (tertiary/aromatic N) is 2. The third kappa shape index (κ3) is 10.1. The second-order valence-corrected chi connectivity index (χ2v) is 14.6. The Hall–Kier alpha value is -5.88. The lowest BCUT2D eigenvalue weighted by Gasteiger charge is -2.31. The van der Waals surface area contributed by atoms with Crippen molar-refractivity contribution in [3.8, 4) is 17.1 Å². The van der Waals surface area contributed by atoms with Gasteiger partial charge in [0.25, 0.3) is 5.56 Å². The Morgan fingerprint density at radius 3 is 2.31 bits per heavy atom. The molecule has 2 aliphatic rings. The van der Waals surface area contributed by atoms with Crippen LogP contribution in [0.25, 0.3) is 22.3 Å². The van der Waals surface area contributed by atoms with Crippen LogP contribution in [0, 0.1) is 0 Å². The fraction of sp³-hybridized carbons (Fsp3) is 0.512. The molecule has 4 atom stereocenters. The average molecular weight is 820 g/mol. The molecule has 2 aliphatic heterocycles. The number of fused-ring (bicyclic) bond motifs is 5. The fourth-order valence-electron chi connectivity index (χ4n) is 7.09. The predicted molar refractivity (Wildman–Crippen MR) is 214 cm³/mol. The van der Waals surface area contributed by atoms with E-state index in [0.717, 1.165) is 16.5 Å². The van der Waals surface area contributed by atoms with Gasteiger partial charge in [-0.25, -0.2) is 14.6 Å². The van der Waals surface area contributed by atoms with Gasteiger partial charge in [-0.3, -0.25) is 24.0 Å². The number of carbonyl (C=O) groups excluding carboxylic acids is 6. The van der Waals surface area contributed by atoms with E-state index in [0.29, 0.717) is 43.0 Å². The summed E-state index contributed by atoms with van der Waals surface area (Å²) in [5.41, 5.74) is 1.55. The molecular weight excluding hydrogens is 766 g/mol. The summed E-state index contributed by atoms with van der Waals surface area (Å²) in [5.74, 6) is -2.43. The first-order valence-electron chi connectivity index (χ1n) is 19.9. The molecule has 4 unspecified atom stereocenters. The van der Waals surface area contributed by atoms with Gasteiger partial charge in [0.2, 0.25) is 23.6 Å². The number of rotatable bonds is 18. The highest BCUT2D eigenvalue weighted by Crippen LogP contribution is 2.40. The van der Waals surface area contributed by atoms with Crippen molar-refractivity contribution >= 4 is 46.6 Å². The molecule has 18 nitrogen and oxygen atoms in total. The lowest BCUT2D eigenvalue weighted by molar-refractivity contribution is -0.172. The predicted octanol–water partition coefficient (Wildman–Crippen LogP) is 1.57. The molecule has 0 saturated carbocycles. The second kappa shape index (κ2) is 19.2. The van der Waals surface area contributed by atoms with E-state index in [2.05, 4.69) is 26.6 Å². The highest BCUT2D eigenvalue weighted by atomic mass is 16.6. The van der Waals surface area contributed by atoms with Crippen molar-refractivity contribution in [3.63, 3.8) is 0 Å². The van der Waals surface area contributed by atoms with Crippen LogP contribution in [-0.4, -0.2) is 94.8 Å². The first-order chi connectivity index (χ1) is 28.1. The fourth-order valence-corrected chi connectivity index (χ4v) is 7.09. The molecule has 0 fully saturated rings. The molecule has 2 aromatic heterocycles. The second-order valence-electron chi connectivity index (χ2n) is 14.6. The third-order valence-electron chi connectivity index (χ3n) is 10.4. The van der Waals surface area contributed by atoms with Gasteiger partial charge in [0.05, 0.1) is 29.0 Å². The van der Waals surface area contributed by atoms with Crippen LogP contribution in [0.15, 0.2) is 29.1 Å². The Morgan fingerprint density at radius 1 is 0.915 bits per heavy atom. The molecule has 0 aliphatic carbocycles. The number of hydrogen-bond donors (Lipinski definition) is 6. The summed E-state index contributed by atoms with van der Waals surface area (Å²) >= 11 is 0. The van der Waals surface area contributed by atoms with Crippen molar-refractivity contribution in [2.24, 2.45) is 0 Å². The molecule has 3 aromatic rings. The summed E-state index contributed by atoms with van der Waals surface area (Å²) in [7, 11) is 0. The van der Waals surface area contributed by atoms with Crippen molar-refractivity contribution in [2.75, 3.05) is 26.3 Å². The van der Waals surface area contributed by atoms with E-state index in [1.54, 1.807) is 35.8 Å². The van der Waals surface area contributed by atoms with Crippen molar-refractivity contribution in [1.82, 2.24) is 36.1 Å². The third-order valence-corrected chi connectivity index (χ3v) is 10.4. The molecule has 0 spiro atoms. The molecule has 318 valence electrons. The zero-order valence-electron chi connectivity index (χ0n) is 34.2. The topological polar surface area (TPSA) is 245 Å². The number of nitrogens with one attached hydrogen (secondary N) is 5. The number of amides is 5. The smallest absolute Gasteiger partial charge is 0.412 e. The Labute approximate surface area is 341 Å². The molecule has 1 aromatic carbocycles. The van der Waals surface area contributed by atoms with Crippen LogP contribution in [0.2, 0.25) is 0 Å². The van der Waals surface area contributed by atoms with Gasteiger partial charge in [-0.2, -0.15) is 0 Å². The van der Waals surface area contributed by atoms with Crippen LogP contribution in [0.4, 0.5) is 4.79 Å². The van der Waals surface area contributed by atoms with Crippen molar-refractivity contribution in [2.45, 2.75) is 111 Å². The lowest BCUT2D eigenvalue weighted by Crippen LogP contribution is -2.52. The van der Waals surface area contributed by atoms with E-state index in [1.807, 2.05) is 20.8 Å². The highest BCUT2D eigenvalue weighted by Gasteiger charge is 2.45. The average Bonchev–Trinajstić information content (AvgIpc) is 3.57. The van der Waals surface area contributed by atoms with Gasteiger partial charge in [0.15, 0.2) is 5.60 Å². The summed E-state index contributed by atoms with van der Waals surface area (Å²) in [6, 6.07) is 4.63. The van der Waals surface area contributed by atoms with E-state index >= 15 is 0 Å². The zero-order valence-corrected chi connectivity index (χ0v) is 34.2. The normalized spacial score (nSPS) is 16.7. The SMILES string of the molecule is CCOCCC(C)NC(=O)CCC(=O)NC(C)C(=O)NC(C)C(=O)NCCNC(=O)Oc1ccc2nc3c(c(CC)c2c1)Cn1c-3cc2c(c1=O)COC(=O)C2(O)CC. The van der Waals surface area contributed by atoms with Gasteiger partial charge in [-0.1, -0.05) is 13.8 Å². The summed E-state index contributed by atoms with van der Waals surface area (Å²) < 4.78 is 17.5. The first kappa shape index (κ1) is 44.2. The highest BCUT2D eigenvalue weighted by molar-refractivity contribution is 5.93. The standard InChI is InChI=1S/C41H53N7O11/c1-7-26-27-18-25(10-11-31(27)47-35-28(26)20-48-32(35)19-30-29(38(48)53)21-58-39(54)41(30,56)8-2)59-40(55)43-16-15-42-36(51)23(5)46-37(52)24(6)45-34(50)13-12-33(49)44-22(4)14-17-57-9-3/h10-11,18-19,22-24,56H,7-9,12-17,20-21H2,1-6H3,(H,42,51)(H,43,55)(H,44,49)(H,45,50)(H,46,52). The monoisotopic (exact) mass is 819 g/mol. The maximum atomic E-state index is 13.6. The van der Waals surface area contributed by atoms with Crippen molar-refractivity contribution < 1.29 is 48.1 Å². The summed E-state index contributed by atoms with van der Waals surface area (Å²) in [6.45, 7) is 11.4. The van der Waals surface area contributed by atoms with Crippen LogP contribution in [0.3, 0.4) is 0 Å². The molecule has 5 rings (SSSR count). The molecule has 18 heteroatoms. The maximum Gasteiger partial charge on any atom is 0.412 e. The van der Waals surface area contributed by atoms with E-state index in [-0.39, 0.29) is 79.9 Å². The molecule has 59 heavy (non-hydrogen) atoms. The number of aliphatic hydroxyl groups is 1. The van der Waals surface area contributed by atoms with E-state index in [1.165, 1.54) is 13.8 Å². The van der Waals surface area contributed by atoms with Crippen molar-refractivity contribution in [3.05, 3.63) is 56.9 Å². The number of pyridine rings is 2. The van der Waals surface area contributed by atoms with Crippen LogP contribution in [0.1, 0.15) is 89.5 Å². The molecule has 0 bridgehead atoms. The van der Waals surface area contributed by atoms with Gasteiger partial charge < -0.3 is 50.5 Å². The van der Waals surface area contributed by atoms with E-state index < -0.39 is 47.5 Å². The van der Waals surface area contributed by atoms with Gasteiger partial charge in [-0.05, 0) is 76.8 Å². The van der Waals surface area contributed by atoms with Gasteiger partial charge in [-0.15, -0.1) is 0 Å². The number of cyclic esters (lactones) is 1. The van der Waals surface area contributed by atoms with Crippen LogP contribution >= 0.6 is 0 Å². The molecule has 0 saturated heterocycles. The lowest BCUT2D eigenvalue weighted by atomic mass is 9.86. The molecular formula is C41H53N7O11. The number of aryl methyl sites for hydroxylation is 1. The summed E-state index contributed by atoms with van der Waals surface area (Å²) in [6.07, 6.45) is 0.333. The Morgan fingerprint density at radius 2 is 1.61 bits per heavy atom. The Kier molecular flexibility index (Phi) is 14.4. The quantitative estimate of drug-likeness (QED) is 0.0619. The molecule has 4 heterocycles. The van der Waals surface area contributed by atoms with Crippen LogP contribution in [0.5, 0.6) is 5.75 Å². The number of ether oxygens (including phenoxy) is 3. The maximum absolute atomic E-state index is 13.6. The molecule has 0 radical (unpaired) electrons. The molecule has 5 amide bonds. The number of benzene rings is 1. The van der Waals surface area contributed by atoms with Crippen LogP contribution < -0.4 is 36.9 Å². The first-order valence-corrected chi connectivity index (χ1v) is 19.9.